The van der Waals surface area contributed by atoms with Crippen molar-refractivity contribution in [1.82, 2.24) is 10.6 Å². The van der Waals surface area contributed by atoms with Crippen LogP contribution < -0.4 is 10.6 Å². The van der Waals surface area contributed by atoms with E-state index in [9.17, 15) is 4.79 Å². The van der Waals surface area contributed by atoms with Crippen LogP contribution in [0.5, 0.6) is 0 Å². The standard InChI is InChI=1S/C18H24N2OS/c1-13(2)10-16(17-8-5-9-22-17)20-12-14-6-4-7-15(11-14)18(21)19-3/h4-9,11,13,16,20H,10,12H2,1-3H3,(H,19,21)/t16-/m1/s1. The average molecular weight is 316 g/mol. The Kier molecular flexibility index (Phi) is 6.16. The van der Waals surface area contributed by atoms with E-state index in [4.69, 9.17) is 0 Å². The van der Waals surface area contributed by atoms with Crippen LogP contribution in [0.15, 0.2) is 41.8 Å². The van der Waals surface area contributed by atoms with Crippen LogP contribution in [0.3, 0.4) is 0 Å². The van der Waals surface area contributed by atoms with Gasteiger partial charge >= 0.3 is 0 Å². The monoisotopic (exact) mass is 316 g/mol. The maximum atomic E-state index is 11.7. The first-order valence-corrected chi connectivity index (χ1v) is 8.56. The number of hydrogen-bond donors (Lipinski definition) is 2. The van der Waals surface area contributed by atoms with Gasteiger partial charge in [0.15, 0.2) is 0 Å². The lowest BCUT2D eigenvalue weighted by Crippen LogP contribution is -2.22. The number of nitrogens with one attached hydrogen (secondary N) is 2. The van der Waals surface area contributed by atoms with Gasteiger partial charge < -0.3 is 10.6 Å². The minimum absolute atomic E-state index is 0.0427. The highest BCUT2D eigenvalue weighted by molar-refractivity contribution is 7.10. The van der Waals surface area contributed by atoms with E-state index in [-0.39, 0.29) is 5.91 Å². The first-order valence-electron chi connectivity index (χ1n) is 7.68. The van der Waals surface area contributed by atoms with Gasteiger partial charge in [-0.1, -0.05) is 32.0 Å². The summed E-state index contributed by atoms with van der Waals surface area (Å²) in [4.78, 5) is 13.1. The lowest BCUT2D eigenvalue weighted by Gasteiger charge is -2.20. The summed E-state index contributed by atoms with van der Waals surface area (Å²) in [6.45, 7) is 5.25. The van der Waals surface area contributed by atoms with Gasteiger partial charge in [0.1, 0.15) is 0 Å². The Morgan fingerprint density at radius 1 is 1.23 bits per heavy atom. The largest absolute Gasteiger partial charge is 0.355 e. The smallest absolute Gasteiger partial charge is 0.251 e. The molecule has 0 spiro atoms. The summed E-state index contributed by atoms with van der Waals surface area (Å²) in [5.74, 6) is 0.593. The number of amides is 1. The van der Waals surface area contributed by atoms with Crippen molar-refractivity contribution in [3.05, 3.63) is 57.8 Å². The quantitative estimate of drug-likeness (QED) is 0.811. The van der Waals surface area contributed by atoms with Gasteiger partial charge in [-0.3, -0.25) is 4.79 Å². The highest BCUT2D eigenvalue weighted by atomic mass is 32.1. The highest BCUT2D eigenvalue weighted by Crippen LogP contribution is 2.25. The van der Waals surface area contributed by atoms with E-state index in [0.29, 0.717) is 17.5 Å². The van der Waals surface area contributed by atoms with Crippen LogP contribution in [0.4, 0.5) is 0 Å². The summed E-state index contributed by atoms with van der Waals surface area (Å²) in [6.07, 6.45) is 1.11. The van der Waals surface area contributed by atoms with E-state index in [1.54, 1.807) is 18.4 Å². The van der Waals surface area contributed by atoms with E-state index in [1.807, 2.05) is 18.2 Å². The number of thiophene rings is 1. The Hall–Kier alpha value is -1.65. The fraction of sp³-hybridized carbons (Fsp3) is 0.389. The van der Waals surface area contributed by atoms with Gasteiger partial charge in [0, 0.05) is 30.1 Å². The lowest BCUT2D eigenvalue weighted by atomic mass is 10.0. The number of hydrogen-bond acceptors (Lipinski definition) is 3. The molecule has 1 heterocycles. The molecule has 2 aromatic rings. The maximum Gasteiger partial charge on any atom is 0.251 e. The Balaban J connectivity index is 2.04. The third-order valence-corrected chi connectivity index (χ3v) is 4.55. The van der Waals surface area contributed by atoms with Crippen molar-refractivity contribution >= 4 is 17.2 Å². The summed E-state index contributed by atoms with van der Waals surface area (Å²) in [5.41, 5.74) is 1.84. The van der Waals surface area contributed by atoms with E-state index < -0.39 is 0 Å². The van der Waals surface area contributed by atoms with Gasteiger partial charge in [0.2, 0.25) is 0 Å². The van der Waals surface area contributed by atoms with Crippen molar-refractivity contribution in [2.75, 3.05) is 7.05 Å². The Labute approximate surface area is 136 Å². The van der Waals surface area contributed by atoms with Gasteiger partial charge in [-0.2, -0.15) is 0 Å². The third kappa shape index (κ3) is 4.68. The van der Waals surface area contributed by atoms with E-state index in [2.05, 4.69) is 48.1 Å². The minimum atomic E-state index is -0.0427. The molecule has 0 saturated carbocycles. The molecule has 2 rings (SSSR count). The second kappa shape index (κ2) is 8.11. The number of rotatable bonds is 7. The van der Waals surface area contributed by atoms with Gasteiger partial charge in [0.25, 0.3) is 5.91 Å². The second-order valence-corrected chi connectivity index (χ2v) is 6.84. The van der Waals surface area contributed by atoms with Crippen LogP contribution >= 0.6 is 11.3 Å². The van der Waals surface area contributed by atoms with Gasteiger partial charge in [-0.25, -0.2) is 0 Å². The molecule has 2 N–H and O–H groups in total. The highest BCUT2D eigenvalue weighted by Gasteiger charge is 2.14. The van der Waals surface area contributed by atoms with Crippen LogP contribution in [-0.2, 0) is 6.54 Å². The predicted octanol–water partition coefficient (Wildman–Crippen LogP) is 3.98. The molecule has 0 aliphatic heterocycles. The van der Waals surface area contributed by atoms with Crippen molar-refractivity contribution in [2.45, 2.75) is 32.9 Å². The molecule has 0 aliphatic carbocycles. The summed E-state index contributed by atoms with van der Waals surface area (Å²) >= 11 is 1.79. The van der Waals surface area contributed by atoms with Crippen LogP contribution in [0.25, 0.3) is 0 Å². The van der Waals surface area contributed by atoms with Crippen LogP contribution in [0, 0.1) is 5.92 Å². The number of carbonyl (C=O) groups excluding carboxylic acids is 1. The molecule has 118 valence electrons. The third-order valence-electron chi connectivity index (χ3n) is 3.56. The van der Waals surface area contributed by atoms with Crippen molar-refractivity contribution in [2.24, 2.45) is 5.92 Å². The molecule has 0 unspecified atom stereocenters. The molecular weight excluding hydrogens is 292 g/mol. The van der Waals surface area contributed by atoms with Crippen molar-refractivity contribution in [1.29, 1.82) is 0 Å². The van der Waals surface area contributed by atoms with E-state index in [1.165, 1.54) is 4.88 Å². The molecule has 0 fully saturated rings. The molecule has 4 heteroatoms. The van der Waals surface area contributed by atoms with Crippen molar-refractivity contribution in [3.8, 4) is 0 Å². The molecule has 0 saturated heterocycles. The number of carbonyl (C=O) groups is 1. The zero-order valence-corrected chi connectivity index (χ0v) is 14.2. The molecule has 0 aliphatic rings. The van der Waals surface area contributed by atoms with Crippen LogP contribution in [0.2, 0.25) is 0 Å². The first kappa shape index (κ1) is 16.7. The zero-order chi connectivity index (χ0) is 15.9. The summed E-state index contributed by atoms with van der Waals surface area (Å²) < 4.78 is 0. The maximum absolute atomic E-state index is 11.7. The fourth-order valence-corrected chi connectivity index (χ4v) is 3.28. The molecule has 1 atom stereocenters. The Morgan fingerprint density at radius 3 is 2.68 bits per heavy atom. The fourth-order valence-electron chi connectivity index (χ4n) is 2.47. The van der Waals surface area contributed by atoms with E-state index >= 15 is 0 Å². The molecular formula is C18H24N2OS. The molecule has 0 radical (unpaired) electrons. The first-order chi connectivity index (χ1) is 10.6. The lowest BCUT2D eigenvalue weighted by molar-refractivity contribution is 0.0963. The van der Waals surface area contributed by atoms with Crippen molar-refractivity contribution in [3.63, 3.8) is 0 Å². The van der Waals surface area contributed by atoms with Gasteiger partial charge in [-0.15, -0.1) is 11.3 Å². The molecule has 1 aromatic carbocycles. The Bertz CT molecular complexity index is 593. The van der Waals surface area contributed by atoms with Gasteiger partial charge in [-0.05, 0) is 41.5 Å². The summed E-state index contributed by atoms with van der Waals surface area (Å²) in [6, 6.07) is 12.4. The second-order valence-electron chi connectivity index (χ2n) is 5.86. The SMILES string of the molecule is CNC(=O)c1cccc(CN[C@H](CC(C)C)c2cccs2)c1. The topological polar surface area (TPSA) is 41.1 Å². The zero-order valence-electron chi connectivity index (χ0n) is 13.4. The predicted molar refractivity (Wildman–Crippen MR) is 93.2 cm³/mol. The van der Waals surface area contributed by atoms with Crippen LogP contribution in [-0.4, -0.2) is 13.0 Å². The summed E-state index contributed by atoms with van der Waals surface area (Å²) in [7, 11) is 1.66. The van der Waals surface area contributed by atoms with Crippen LogP contribution in [0.1, 0.15) is 47.1 Å². The normalized spacial score (nSPS) is 12.4. The summed E-state index contributed by atoms with van der Waals surface area (Å²) in [5, 5.41) is 8.42. The Morgan fingerprint density at radius 2 is 2.05 bits per heavy atom. The molecule has 1 amide bonds. The van der Waals surface area contributed by atoms with Crippen molar-refractivity contribution < 1.29 is 4.79 Å². The van der Waals surface area contributed by atoms with E-state index in [0.717, 1.165) is 18.5 Å². The molecule has 3 nitrogen and oxygen atoms in total. The number of benzene rings is 1. The van der Waals surface area contributed by atoms with Gasteiger partial charge in [0.05, 0.1) is 0 Å². The molecule has 22 heavy (non-hydrogen) atoms. The average Bonchev–Trinajstić information content (AvgIpc) is 3.05. The minimum Gasteiger partial charge on any atom is -0.355 e. The molecule has 1 aromatic heterocycles. The molecule has 0 bridgehead atoms.